The average Bonchev–Trinajstić information content (AvgIpc) is 2.91. The van der Waals surface area contributed by atoms with E-state index in [1.54, 1.807) is 6.07 Å². The number of rotatable bonds is 5. The summed E-state index contributed by atoms with van der Waals surface area (Å²) >= 11 is 0. The second kappa shape index (κ2) is 6.78. The van der Waals surface area contributed by atoms with Crippen LogP contribution in [0.25, 0.3) is 10.9 Å². The van der Waals surface area contributed by atoms with Gasteiger partial charge in [0.25, 0.3) is 5.56 Å². The molecule has 2 aromatic heterocycles. The van der Waals surface area contributed by atoms with Gasteiger partial charge in [0, 0.05) is 42.2 Å². The Hall–Kier alpha value is -2.89. The van der Waals surface area contributed by atoms with Gasteiger partial charge in [-0.15, -0.1) is 0 Å². The highest BCUT2D eigenvalue weighted by Gasteiger charge is 2.32. The number of carbonyl (C=O) groups excluding carboxylic acids is 1. The van der Waals surface area contributed by atoms with Gasteiger partial charge in [0.1, 0.15) is 0 Å². The minimum atomic E-state index is -0.128. The largest absolute Gasteiger partial charge is 0.353 e. The van der Waals surface area contributed by atoms with Crippen molar-refractivity contribution in [2.24, 2.45) is 0 Å². The molecule has 1 fully saturated rings. The Morgan fingerprint density at radius 1 is 1.31 bits per heavy atom. The Bertz CT molecular complexity index is 998. The van der Waals surface area contributed by atoms with E-state index >= 15 is 0 Å². The molecule has 0 spiro atoms. The first-order valence-corrected chi connectivity index (χ1v) is 8.99. The number of fused-ring (bicyclic) bond motifs is 1. The fourth-order valence-electron chi connectivity index (χ4n) is 3.74. The highest BCUT2D eigenvalue weighted by molar-refractivity contribution is 5.82. The van der Waals surface area contributed by atoms with E-state index < -0.39 is 0 Å². The number of benzene rings is 1. The van der Waals surface area contributed by atoms with Crippen molar-refractivity contribution in [2.45, 2.75) is 44.7 Å². The van der Waals surface area contributed by atoms with Crippen LogP contribution in [-0.4, -0.2) is 26.5 Å². The van der Waals surface area contributed by atoms with Crippen molar-refractivity contribution in [1.82, 2.24) is 19.9 Å². The van der Waals surface area contributed by atoms with Gasteiger partial charge in [-0.1, -0.05) is 18.2 Å². The SMILES string of the molecule is Cc1cc2ccccc2n1CCC(=O)NC1CC(c2cc(=O)[nH]cn2)C1. The van der Waals surface area contributed by atoms with Crippen LogP contribution in [0.5, 0.6) is 0 Å². The van der Waals surface area contributed by atoms with Gasteiger partial charge in [0.2, 0.25) is 5.91 Å². The lowest BCUT2D eigenvalue weighted by atomic mass is 9.78. The monoisotopic (exact) mass is 350 g/mol. The van der Waals surface area contributed by atoms with Crippen LogP contribution in [0, 0.1) is 6.92 Å². The summed E-state index contributed by atoms with van der Waals surface area (Å²) in [6.07, 6.45) is 3.58. The molecule has 0 saturated heterocycles. The number of H-pyrrole nitrogens is 1. The summed E-state index contributed by atoms with van der Waals surface area (Å²) in [6, 6.07) is 12.1. The number of hydrogen-bond acceptors (Lipinski definition) is 3. The van der Waals surface area contributed by atoms with Crippen LogP contribution in [-0.2, 0) is 11.3 Å². The molecule has 6 nitrogen and oxygen atoms in total. The lowest BCUT2D eigenvalue weighted by molar-refractivity contribution is -0.122. The number of hydrogen-bond donors (Lipinski definition) is 2. The molecule has 0 unspecified atom stereocenters. The molecule has 1 amide bonds. The van der Waals surface area contributed by atoms with Crippen LogP contribution >= 0.6 is 0 Å². The molecule has 0 aliphatic heterocycles. The molecule has 134 valence electrons. The first-order chi connectivity index (χ1) is 12.6. The molecule has 1 aliphatic carbocycles. The van der Waals surface area contributed by atoms with E-state index in [0.717, 1.165) is 18.5 Å². The van der Waals surface area contributed by atoms with Crippen molar-refractivity contribution in [3.8, 4) is 0 Å². The molecular weight excluding hydrogens is 328 g/mol. The molecule has 0 atom stereocenters. The summed E-state index contributed by atoms with van der Waals surface area (Å²) in [5.41, 5.74) is 3.02. The molecule has 0 bridgehead atoms. The van der Waals surface area contributed by atoms with E-state index in [4.69, 9.17) is 0 Å². The molecule has 2 N–H and O–H groups in total. The third-order valence-corrected chi connectivity index (χ3v) is 5.20. The van der Waals surface area contributed by atoms with Gasteiger partial charge in [-0.25, -0.2) is 4.98 Å². The first-order valence-electron chi connectivity index (χ1n) is 8.99. The number of nitrogens with zero attached hydrogens (tertiary/aromatic N) is 2. The third kappa shape index (κ3) is 3.27. The summed E-state index contributed by atoms with van der Waals surface area (Å²) in [5, 5.41) is 4.30. The molecule has 1 aromatic carbocycles. The van der Waals surface area contributed by atoms with Gasteiger partial charge < -0.3 is 14.9 Å². The van der Waals surface area contributed by atoms with E-state index in [1.165, 1.54) is 22.9 Å². The Balaban J connectivity index is 1.30. The molecule has 3 aromatic rings. The van der Waals surface area contributed by atoms with Gasteiger partial charge >= 0.3 is 0 Å². The van der Waals surface area contributed by atoms with E-state index in [1.807, 2.05) is 12.1 Å². The van der Waals surface area contributed by atoms with Gasteiger partial charge in [0.05, 0.1) is 12.0 Å². The van der Waals surface area contributed by atoms with E-state index in [9.17, 15) is 9.59 Å². The fourth-order valence-corrected chi connectivity index (χ4v) is 3.74. The highest BCUT2D eigenvalue weighted by Crippen LogP contribution is 2.35. The van der Waals surface area contributed by atoms with Crippen LogP contribution in [0.1, 0.15) is 36.6 Å². The lowest BCUT2D eigenvalue weighted by Crippen LogP contribution is -2.44. The van der Waals surface area contributed by atoms with Crippen molar-refractivity contribution in [1.29, 1.82) is 0 Å². The number of nitrogens with one attached hydrogen (secondary N) is 2. The Kier molecular flexibility index (Phi) is 4.32. The van der Waals surface area contributed by atoms with Crippen LogP contribution in [0.2, 0.25) is 0 Å². The van der Waals surface area contributed by atoms with Gasteiger partial charge in [-0.05, 0) is 37.3 Å². The maximum Gasteiger partial charge on any atom is 0.250 e. The van der Waals surface area contributed by atoms with E-state index in [0.29, 0.717) is 13.0 Å². The molecule has 1 saturated carbocycles. The zero-order valence-corrected chi connectivity index (χ0v) is 14.7. The first kappa shape index (κ1) is 16.6. The number of carbonyl (C=O) groups is 1. The van der Waals surface area contributed by atoms with Crippen molar-refractivity contribution < 1.29 is 4.79 Å². The number of amides is 1. The maximum absolute atomic E-state index is 12.3. The molecule has 1 aliphatic rings. The predicted molar refractivity (Wildman–Crippen MR) is 100 cm³/mol. The van der Waals surface area contributed by atoms with Crippen molar-refractivity contribution in [3.05, 3.63) is 64.5 Å². The second-order valence-electron chi connectivity index (χ2n) is 7.01. The lowest BCUT2D eigenvalue weighted by Gasteiger charge is -2.35. The summed E-state index contributed by atoms with van der Waals surface area (Å²) < 4.78 is 2.19. The molecular formula is C20H22N4O2. The predicted octanol–water partition coefficient (Wildman–Crippen LogP) is 2.49. The average molecular weight is 350 g/mol. The van der Waals surface area contributed by atoms with Gasteiger partial charge in [-0.3, -0.25) is 9.59 Å². The topological polar surface area (TPSA) is 79.8 Å². The molecule has 0 radical (unpaired) electrons. The van der Waals surface area contributed by atoms with Gasteiger partial charge in [0.15, 0.2) is 0 Å². The highest BCUT2D eigenvalue weighted by atomic mass is 16.1. The van der Waals surface area contributed by atoms with Crippen LogP contribution in [0.3, 0.4) is 0 Å². The second-order valence-corrected chi connectivity index (χ2v) is 7.01. The zero-order valence-electron chi connectivity index (χ0n) is 14.7. The van der Waals surface area contributed by atoms with Crippen LogP contribution < -0.4 is 10.9 Å². The van der Waals surface area contributed by atoms with Crippen molar-refractivity contribution >= 4 is 16.8 Å². The Labute approximate surface area is 151 Å². The van der Waals surface area contributed by atoms with Crippen LogP contribution in [0.4, 0.5) is 0 Å². The molecule has 4 rings (SSSR count). The summed E-state index contributed by atoms with van der Waals surface area (Å²) in [4.78, 5) is 30.4. The molecule has 6 heteroatoms. The van der Waals surface area contributed by atoms with Crippen molar-refractivity contribution in [3.63, 3.8) is 0 Å². The number of aromatic nitrogens is 3. The van der Waals surface area contributed by atoms with E-state index in [2.05, 4.69) is 45.0 Å². The smallest absolute Gasteiger partial charge is 0.250 e. The third-order valence-electron chi connectivity index (χ3n) is 5.20. The quantitative estimate of drug-likeness (QED) is 0.742. The molecule has 26 heavy (non-hydrogen) atoms. The number of para-hydroxylation sites is 1. The molecule has 2 heterocycles. The Morgan fingerprint density at radius 2 is 2.12 bits per heavy atom. The Morgan fingerprint density at radius 3 is 2.92 bits per heavy atom. The zero-order chi connectivity index (χ0) is 18.1. The normalized spacial score (nSPS) is 19.3. The number of aryl methyl sites for hydroxylation is 2. The fraction of sp³-hybridized carbons (Fsp3) is 0.350. The minimum Gasteiger partial charge on any atom is -0.353 e. The maximum atomic E-state index is 12.3. The van der Waals surface area contributed by atoms with Crippen LogP contribution in [0.15, 0.2) is 47.5 Å². The van der Waals surface area contributed by atoms with Gasteiger partial charge in [-0.2, -0.15) is 0 Å². The summed E-state index contributed by atoms with van der Waals surface area (Å²) in [6.45, 7) is 2.75. The minimum absolute atomic E-state index is 0.0736. The summed E-state index contributed by atoms with van der Waals surface area (Å²) in [5.74, 6) is 0.336. The summed E-state index contributed by atoms with van der Waals surface area (Å²) in [7, 11) is 0. The standard InChI is InChI=1S/C20H22N4O2/c1-13-8-14-4-2-3-5-18(14)24(13)7-6-19(25)23-16-9-15(10-16)17-11-20(26)22-12-21-17/h2-5,8,11-12,15-16H,6-7,9-10H2,1H3,(H,23,25)(H,21,22,26). The number of aromatic amines is 1. The van der Waals surface area contributed by atoms with Crippen molar-refractivity contribution in [2.75, 3.05) is 0 Å². The van der Waals surface area contributed by atoms with E-state index in [-0.39, 0.29) is 23.4 Å².